The van der Waals surface area contributed by atoms with Crippen molar-refractivity contribution in [2.24, 2.45) is 5.73 Å². The van der Waals surface area contributed by atoms with Crippen molar-refractivity contribution < 1.29 is 0 Å². The van der Waals surface area contributed by atoms with Gasteiger partial charge < -0.3 is 5.73 Å². The monoisotopic (exact) mass is 212 g/mol. The van der Waals surface area contributed by atoms with Crippen LogP contribution in [0.4, 0.5) is 0 Å². The smallest absolute Gasteiger partial charge is 0.0406 e. The van der Waals surface area contributed by atoms with E-state index in [0.717, 1.165) is 24.7 Å². The van der Waals surface area contributed by atoms with E-state index in [1.807, 2.05) is 12.1 Å². The summed E-state index contributed by atoms with van der Waals surface area (Å²) in [4.78, 5) is 2.31. The molecule has 0 bridgehead atoms. The fraction of sp³-hybridized carbons (Fsp3) is 0.455. The lowest BCUT2D eigenvalue weighted by Crippen LogP contribution is -2.28. The molecule has 0 unspecified atom stereocenters. The van der Waals surface area contributed by atoms with Crippen molar-refractivity contribution in [2.75, 3.05) is 19.6 Å². The molecule has 14 heavy (non-hydrogen) atoms. The lowest BCUT2D eigenvalue weighted by molar-refractivity contribution is 0.288. The molecule has 0 saturated heterocycles. The van der Waals surface area contributed by atoms with Gasteiger partial charge in [0.25, 0.3) is 0 Å². The molecular weight excluding hydrogens is 196 g/mol. The molecule has 3 heteroatoms. The van der Waals surface area contributed by atoms with Crippen molar-refractivity contribution in [1.29, 1.82) is 0 Å². The molecule has 0 aliphatic heterocycles. The molecule has 0 aliphatic rings. The summed E-state index contributed by atoms with van der Waals surface area (Å²) in [5.41, 5.74) is 6.80. The lowest BCUT2D eigenvalue weighted by atomic mass is 10.2. The van der Waals surface area contributed by atoms with Gasteiger partial charge in [-0.3, -0.25) is 4.90 Å². The summed E-state index contributed by atoms with van der Waals surface area (Å²) in [7, 11) is 0. The van der Waals surface area contributed by atoms with E-state index in [1.165, 1.54) is 5.56 Å². The average Bonchev–Trinajstić information content (AvgIpc) is 2.20. The maximum absolute atomic E-state index is 5.81. The maximum atomic E-state index is 5.81. The number of nitrogens with two attached hydrogens (primary N) is 1. The molecule has 78 valence electrons. The van der Waals surface area contributed by atoms with Gasteiger partial charge in [0.15, 0.2) is 0 Å². The van der Waals surface area contributed by atoms with E-state index in [4.69, 9.17) is 17.3 Å². The molecule has 1 rings (SSSR count). The van der Waals surface area contributed by atoms with E-state index in [9.17, 15) is 0 Å². The summed E-state index contributed by atoms with van der Waals surface area (Å²) in [5.74, 6) is 0. The quantitative estimate of drug-likeness (QED) is 0.810. The van der Waals surface area contributed by atoms with Gasteiger partial charge in [-0.15, -0.1) is 0 Å². The van der Waals surface area contributed by atoms with Crippen LogP contribution in [-0.2, 0) is 6.54 Å². The first kappa shape index (κ1) is 11.5. The molecule has 0 aromatic heterocycles. The van der Waals surface area contributed by atoms with E-state index in [2.05, 4.69) is 24.0 Å². The predicted molar refractivity (Wildman–Crippen MR) is 61.5 cm³/mol. The summed E-state index contributed by atoms with van der Waals surface area (Å²) < 4.78 is 0. The minimum absolute atomic E-state index is 0.710. The number of hydrogen-bond acceptors (Lipinski definition) is 2. The Kier molecular flexibility index (Phi) is 4.94. The first-order chi connectivity index (χ1) is 6.76. The zero-order valence-electron chi connectivity index (χ0n) is 8.54. The van der Waals surface area contributed by atoms with Crippen molar-refractivity contribution in [3.63, 3.8) is 0 Å². The van der Waals surface area contributed by atoms with Crippen molar-refractivity contribution in [2.45, 2.75) is 13.5 Å². The summed E-state index contributed by atoms with van der Waals surface area (Å²) >= 11 is 5.81. The highest BCUT2D eigenvalue weighted by Crippen LogP contribution is 2.11. The minimum atomic E-state index is 0.710. The highest BCUT2D eigenvalue weighted by Gasteiger charge is 2.01. The van der Waals surface area contributed by atoms with Gasteiger partial charge >= 0.3 is 0 Å². The summed E-state index contributed by atoms with van der Waals surface area (Å²) in [5, 5.41) is 0.788. The van der Waals surface area contributed by atoms with Crippen molar-refractivity contribution in [3.05, 3.63) is 34.9 Å². The fourth-order valence-corrected chi connectivity index (χ4v) is 1.51. The van der Waals surface area contributed by atoms with Gasteiger partial charge in [0.1, 0.15) is 0 Å². The highest BCUT2D eigenvalue weighted by atomic mass is 35.5. The molecule has 0 amide bonds. The number of halogens is 1. The van der Waals surface area contributed by atoms with Gasteiger partial charge in [-0.2, -0.15) is 0 Å². The van der Waals surface area contributed by atoms with E-state index in [0.29, 0.717) is 6.54 Å². The van der Waals surface area contributed by atoms with Crippen LogP contribution < -0.4 is 5.73 Å². The Morgan fingerprint density at radius 3 is 2.43 bits per heavy atom. The Morgan fingerprint density at radius 1 is 1.29 bits per heavy atom. The standard InChI is InChI=1S/C11H17ClN2/c1-2-14(8-7-13)9-10-3-5-11(12)6-4-10/h3-6H,2,7-9,13H2,1H3. The Hall–Kier alpha value is -0.570. The van der Waals surface area contributed by atoms with Gasteiger partial charge in [0, 0.05) is 24.7 Å². The number of likely N-dealkylation sites (N-methyl/N-ethyl adjacent to an activating group) is 1. The van der Waals surface area contributed by atoms with E-state index in [-0.39, 0.29) is 0 Å². The van der Waals surface area contributed by atoms with Gasteiger partial charge in [-0.05, 0) is 24.2 Å². The molecule has 2 N–H and O–H groups in total. The Morgan fingerprint density at radius 2 is 1.93 bits per heavy atom. The van der Waals surface area contributed by atoms with Crippen LogP contribution in [0.1, 0.15) is 12.5 Å². The van der Waals surface area contributed by atoms with Crippen LogP contribution in [-0.4, -0.2) is 24.5 Å². The van der Waals surface area contributed by atoms with Gasteiger partial charge in [0.05, 0.1) is 0 Å². The topological polar surface area (TPSA) is 29.3 Å². The van der Waals surface area contributed by atoms with Crippen molar-refractivity contribution in [1.82, 2.24) is 4.90 Å². The third-order valence-electron chi connectivity index (χ3n) is 2.21. The molecule has 0 spiro atoms. The summed E-state index contributed by atoms with van der Waals surface area (Å²) in [6.45, 7) is 5.77. The van der Waals surface area contributed by atoms with Crippen LogP contribution in [0.2, 0.25) is 5.02 Å². The maximum Gasteiger partial charge on any atom is 0.0406 e. The van der Waals surface area contributed by atoms with Crippen LogP contribution in [0.5, 0.6) is 0 Å². The molecule has 0 fully saturated rings. The SMILES string of the molecule is CCN(CCN)Cc1ccc(Cl)cc1. The van der Waals surface area contributed by atoms with E-state index in [1.54, 1.807) is 0 Å². The molecule has 2 nitrogen and oxygen atoms in total. The van der Waals surface area contributed by atoms with E-state index >= 15 is 0 Å². The normalized spacial score (nSPS) is 10.9. The highest BCUT2D eigenvalue weighted by molar-refractivity contribution is 6.30. The minimum Gasteiger partial charge on any atom is -0.329 e. The first-order valence-electron chi connectivity index (χ1n) is 4.93. The molecule has 0 radical (unpaired) electrons. The average molecular weight is 213 g/mol. The number of nitrogens with zero attached hydrogens (tertiary/aromatic N) is 1. The van der Waals surface area contributed by atoms with Crippen molar-refractivity contribution >= 4 is 11.6 Å². The Labute approximate surface area is 90.7 Å². The Balaban J connectivity index is 2.53. The van der Waals surface area contributed by atoms with Crippen LogP contribution in [0, 0.1) is 0 Å². The second-order valence-electron chi connectivity index (χ2n) is 3.28. The molecule has 0 heterocycles. The van der Waals surface area contributed by atoms with Crippen LogP contribution in [0.25, 0.3) is 0 Å². The van der Waals surface area contributed by atoms with Crippen LogP contribution in [0.3, 0.4) is 0 Å². The van der Waals surface area contributed by atoms with E-state index < -0.39 is 0 Å². The number of hydrogen-bond donors (Lipinski definition) is 1. The summed E-state index contributed by atoms with van der Waals surface area (Å²) in [6.07, 6.45) is 0. The Bertz CT molecular complexity index is 258. The third kappa shape index (κ3) is 3.66. The fourth-order valence-electron chi connectivity index (χ4n) is 1.38. The van der Waals surface area contributed by atoms with Gasteiger partial charge in [-0.25, -0.2) is 0 Å². The second kappa shape index (κ2) is 6.02. The van der Waals surface area contributed by atoms with Crippen molar-refractivity contribution in [3.8, 4) is 0 Å². The molecule has 1 aromatic carbocycles. The van der Waals surface area contributed by atoms with Crippen LogP contribution in [0.15, 0.2) is 24.3 Å². The molecule has 1 aromatic rings. The lowest BCUT2D eigenvalue weighted by Gasteiger charge is -2.19. The third-order valence-corrected chi connectivity index (χ3v) is 2.46. The molecule has 0 aliphatic carbocycles. The second-order valence-corrected chi connectivity index (χ2v) is 3.72. The van der Waals surface area contributed by atoms with Gasteiger partial charge in [0.2, 0.25) is 0 Å². The molecule has 0 atom stereocenters. The largest absolute Gasteiger partial charge is 0.329 e. The van der Waals surface area contributed by atoms with Crippen LogP contribution >= 0.6 is 11.6 Å². The number of rotatable bonds is 5. The first-order valence-corrected chi connectivity index (χ1v) is 5.31. The number of benzene rings is 1. The predicted octanol–water partition coefficient (Wildman–Crippen LogP) is 2.12. The van der Waals surface area contributed by atoms with Gasteiger partial charge in [-0.1, -0.05) is 30.7 Å². The molecular formula is C11H17ClN2. The molecule has 0 saturated carbocycles. The zero-order chi connectivity index (χ0) is 10.4. The zero-order valence-corrected chi connectivity index (χ0v) is 9.30. The summed E-state index contributed by atoms with van der Waals surface area (Å²) in [6, 6.07) is 7.96.